The predicted octanol–water partition coefficient (Wildman–Crippen LogP) is 3.15. The predicted molar refractivity (Wildman–Crippen MR) is 94.4 cm³/mol. The fourth-order valence-electron chi connectivity index (χ4n) is 2.88. The van der Waals surface area contributed by atoms with E-state index in [1.165, 1.54) is 6.07 Å². The van der Waals surface area contributed by atoms with Gasteiger partial charge in [-0.05, 0) is 24.1 Å². The number of hydrogen-bond donors (Lipinski definition) is 2. The largest absolute Gasteiger partial charge is 0.422 e. The highest BCUT2D eigenvalue weighted by atomic mass is 19.4. The number of halogens is 3. The summed E-state index contributed by atoms with van der Waals surface area (Å²) in [6.07, 6.45) is -4.97. The number of Topliss-reactive ketones (excluding diaryl/α,β-unsaturated/α-hetero) is 1. The van der Waals surface area contributed by atoms with Crippen molar-refractivity contribution in [1.82, 2.24) is 0 Å². The summed E-state index contributed by atoms with van der Waals surface area (Å²) in [5, 5.41) is -0.424. The molecule has 1 heterocycles. The Hall–Kier alpha value is -3.13. The molecule has 0 aliphatic heterocycles. The van der Waals surface area contributed by atoms with Gasteiger partial charge in [0.2, 0.25) is 0 Å². The summed E-state index contributed by atoms with van der Waals surface area (Å²) in [6.45, 7) is 0. The summed E-state index contributed by atoms with van der Waals surface area (Å²) in [6, 6.07) is 10.6. The zero-order chi connectivity index (χ0) is 19.8. The molecule has 0 saturated heterocycles. The number of fused-ring (bicyclic) bond motifs is 1. The van der Waals surface area contributed by atoms with Crippen molar-refractivity contribution in [1.29, 1.82) is 0 Å². The highest BCUT2D eigenvalue weighted by molar-refractivity contribution is 6.04. The third-order valence-corrected chi connectivity index (χ3v) is 4.10. The number of carbonyl (C=O) groups excluding carboxylic acids is 1. The molecule has 3 aromatic rings. The van der Waals surface area contributed by atoms with E-state index in [1.807, 2.05) is 0 Å². The number of nitrogen functional groups attached to an aromatic ring is 1. The van der Waals surface area contributed by atoms with E-state index < -0.39 is 40.1 Å². The molecule has 0 spiro atoms. The lowest BCUT2D eigenvalue weighted by Gasteiger charge is -2.16. The first-order valence-electron chi connectivity index (χ1n) is 7.95. The van der Waals surface area contributed by atoms with Gasteiger partial charge in [-0.25, -0.2) is 4.79 Å². The van der Waals surface area contributed by atoms with Crippen LogP contribution in [-0.2, 0) is 12.6 Å². The lowest BCUT2D eigenvalue weighted by atomic mass is 9.94. The van der Waals surface area contributed by atoms with Crippen LogP contribution < -0.4 is 17.1 Å². The average Bonchev–Trinajstić information content (AvgIpc) is 2.59. The Labute approximate surface area is 151 Å². The maximum atomic E-state index is 13.7. The molecule has 8 heteroatoms. The van der Waals surface area contributed by atoms with Gasteiger partial charge in [-0.2, -0.15) is 13.2 Å². The minimum atomic E-state index is -4.96. The molecule has 3 rings (SSSR count). The minimum absolute atomic E-state index is 0.0177. The SMILES string of the molecule is Nc1ccc2c(C(F)(F)F)c(C(=O)C(N)Cc3ccccc3)c(=O)oc2c1. The monoisotopic (exact) mass is 376 g/mol. The van der Waals surface area contributed by atoms with Crippen molar-refractivity contribution in [3.8, 4) is 0 Å². The van der Waals surface area contributed by atoms with E-state index in [2.05, 4.69) is 0 Å². The summed E-state index contributed by atoms with van der Waals surface area (Å²) in [5.74, 6) is -1.13. The molecule has 1 aromatic heterocycles. The zero-order valence-corrected chi connectivity index (χ0v) is 13.9. The lowest BCUT2D eigenvalue weighted by molar-refractivity contribution is -0.136. The van der Waals surface area contributed by atoms with Crippen molar-refractivity contribution in [3.05, 3.63) is 75.6 Å². The van der Waals surface area contributed by atoms with Crippen LogP contribution in [0.2, 0.25) is 0 Å². The Morgan fingerprint density at radius 1 is 1.11 bits per heavy atom. The number of benzene rings is 2. The highest BCUT2D eigenvalue weighted by Crippen LogP contribution is 2.37. The van der Waals surface area contributed by atoms with Crippen molar-refractivity contribution < 1.29 is 22.4 Å². The van der Waals surface area contributed by atoms with Crippen molar-refractivity contribution in [3.63, 3.8) is 0 Å². The number of ketones is 1. The van der Waals surface area contributed by atoms with E-state index in [9.17, 15) is 22.8 Å². The fourth-order valence-corrected chi connectivity index (χ4v) is 2.88. The smallest absolute Gasteiger partial charge is 0.418 e. The van der Waals surface area contributed by atoms with E-state index in [-0.39, 0.29) is 17.7 Å². The number of hydrogen-bond acceptors (Lipinski definition) is 5. The van der Waals surface area contributed by atoms with Gasteiger partial charge < -0.3 is 15.9 Å². The molecule has 0 fully saturated rings. The van der Waals surface area contributed by atoms with Crippen LogP contribution in [0.3, 0.4) is 0 Å². The molecule has 1 atom stereocenters. The lowest BCUT2D eigenvalue weighted by Crippen LogP contribution is -2.37. The molecule has 0 radical (unpaired) electrons. The molecular weight excluding hydrogens is 361 g/mol. The van der Waals surface area contributed by atoms with Crippen LogP contribution in [0.4, 0.5) is 18.9 Å². The van der Waals surface area contributed by atoms with Gasteiger partial charge in [0.05, 0.1) is 11.6 Å². The van der Waals surface area contributed by atoms with Gasteiger partial charge in [0, 0.05) is 17.1 Å². The first kappa shape index (κ1) is 18.7. The summed E-state index contributed by atoms with van der Waals surface area (Å²) < 4.78 is 46.0. The first-order valence-corrected chi connectivity index (χ1v) is 7.95. The van der Waals surface area contributed by atoms with Gasteiger partial charge in [-0.15, -0.1) is 0 Å². The highest BCUT2D eigenvalue weighted by Gasteiger charge is 2.41. The summed E-state index contributed by atoms with van der Waals surface area (Å²) in [5.41, 5.74) is 7.93. The second-order valence-corrected chi connectivity index (χ2v) is 6.05. The van der Waals surface area contributed by atoms with Crippen LogP contribution in [0.15, 0.2) is 57.7 Å². The number of rotatable bonds is 4. The Balaban J connectivity index is 2.15. The van der Waals surface area contributed by atoms with Crippen LogP contribution in [-0.4, -0.2) is 11.8 Å². The third kappa shape index (κ3) is 3.70. The van der Waals surface area contributed by atoms with Gasteiger partial charge in [-0.3, -0.25) is 4.79 Å². The minimum Gasteiger partial charge on any atom is -0.422 e. The summed E-state index contributed by atoms with van der Waals surface area (Å²) in [7, 11) is 0. The Kier molecular flexibility index (Phi) is 4.75. The van der Waals surface area contributed by atoms with E-state index in [0.29, 0.717) is 5.56 Å². The van der Waals surface area contributed by atoms with Gasteiger partial charge in [0.1, 0.15) is 11.1 Å². The number of carbonyl (C=O) groups is 1. The molecule has 4 N–H and O–H groups in total. The maximum Gasteiger partial charge on any atom is 0.418 e. The van der Waals surface area contributed by atoms with E-state index >= 15 is 0 Å². The maximum absolute atomic E-state index is 13.7. The topological polar surface area (TPSA) is 99.3 Å². The molecular formula is C19H15F3N2O3. The molecule has 0 saturated carbocycles. The molecule has 5 nitrogen and oxygen atoms in total. The van der Waals surface area contributed by atoms with Gasteiger partial charge >= 0.3 is 11.8 Å². The van der Waals surface area contributed by atoms with Crippen molar-refractivity contribution >= 4 is 22.4 Å². The van der Waals surface area contributed by atoms with Gasteiger partial charge in [-0.1, -0.05) is 30.3 Å². The first-order chi connectivity index (χ1) is 12.7. The Morgan fingerprint density at radius 2 is 1.78 bits per heavy atom. The van der Waals surface area contributed by atoms with Gasteiger partial charge in [0.15, 0.2) is 5.78 Å². The molecule has 0 amide bonds. The molecule has 27 heavy (non-hydrogen) atoms. The Morgan fingerprint density at radius 3 is 2.41 bits per heavy atom. The van der Waals surface area contributed by atoms with Crippen LogP contribution >= 0.6 is 0 Å². The molecule has 2 aromatic carbocycles. The number of nitrogens with two attached hydrogens (primary N) is 2. The molecule has 0 aliphatic rings. The second-order valence-electron chi connectivity index (χ2n) is 6.05. The third-order valence-electron chi connectivity index (χ3n) is 4.10. The molecule has 0 bridgehead atoms. The zero-order valence-electron chi connectivity index (χ0n) is 13.9. The quantitative estimate of drug-likeness (QED) is 0.414. The fraction of sp³-hybridized carbons (Fsp3) is 0.158. The number of anilines is 1. The average molecular weight is 376 g/mol. The summed E-state index contributed by atoms with van der Waals surface area (Å²) >= 11 is 0. The van der Waals surface area contributed by atoms with Crippen LogP contribution in [0.25, 0.3) is 11.0 Å². The Bertz CT molecular complexity index is 1060. The summed E-state index contributed by atoms with van der Waals surface area (Å²) in [4.78, 5) is 24.9. The van der Waals surface area contributed by atoms with E-state index in [0.717, 1.165) is 12.1 Å². The van der Waals surface area contributed by atoms with E-state index in [1.54, 1.807) is 30.3 Å². The molecule has 140 valence electrons. The number of alkyl halides is 3. The van der Waals surface area contributed by atoms with Crippen LogP contribution in [0, 0.1) is 0 Å². The van der Waals surface area contributed by atoms with Crippen molar-refractivity contribution in [2.45, 2.75) is 18.6 Å². The van der Waals surface area contributed by atoms with Gasteiger partial charge in [0.25, 0.3) is 0 Å². The molecule has 0 aliphatic carbocycles. The van der Waals surface area contributed by atoms with Crippen LogP contribution in [0.5, 0.6) is 0 Å². The normalized spacial score (nSPS) is 12.9. The van der Waals surface area contributed by atoms with Crippen LogP contribution in [0.1, 0.15) is 21.5 Å². The molecule has 1 unspecified atom stereocenters. The van der Waals surface area contributed by atoms with Crippen molar-refractivity contribution in [2.24, 2.45) is 5.73 Å². The van der Waals surface area contributed by atoms with Crippen molar-refractivity contribution in [2.75, 3.05) is 5.73 Å². The van der Waals surface area contributed by atoms with E-state index in [4.69, 9.17) is 15.9 Å². The standard InChI is InChI=1S/C19H15F3N2O3/c20-19(21,22)16-12-7-6-11(23)9-14(12)27-18(26)15(16)17(25)13(24)8-10-4-2-1-3-5-10/h1-7,9,13H,8,23-24H2. The second kappa shape index (κ2) is 6.88.